The van der Waals surface area contributed by atoms with E-state index in [0.29, 0.717) is 34.5 Å². The number of carbonyl (C=O) groups is 1. The molecule has 1 aromatic heterocycles. The van der Waals surface area contributed by atoms with Gasteiger partial charge in [0.25, 0.3) is 0 Å². The van der Waals surface area contributed by atoms with Crippen LogP contribution in [0, 0.1) is 0 Å². The number of halogens is 1. The van der Waals surface area contributed by atoms with Gasteiger partial charge in [-0.05, 0) is 34.9 Å². The lowest BCUT2D eigenvalue weighted by Gasteiger charge is -2.14. The third-order valence-electron chi connectivity index (χ3n) is 5.00. The van der Waals surface area contributed by atoms with Gasteiger partial charge in [-0.15, -0.1) is 0 Å². The summed E-state index contributed by atoms with van der Waals surface area (Å²) in [4.78, 5) is 16.6. The van der Waals surface area contributed by atoms with Gasteiger partial charge in [0, 0.05) is 23.7 Å². The van der Waals surface area contributed by atoms with Crippen LogP contribution in [0.2, 0.25) is 5.02 Å². The summed E-state index contributed by atoms with van der Waals surface area (Å²) in [7, 11) is 0. The van der Waals surface area contributed by atoms with Gasteiger partial charge in [-0.2, -0.15) is 0 Å². The molecule has 0 fully saturated rings. The van der Waals surface area contributed by atoms with Gasteiger partial charge in [0.05, 0.1) is 11.4 Å². The number of amides is 1. The number of pyridine rings is 1. The van der Waals surface area contributed by atoms with Gasteiger partial charge >= 0.3 is 0 Å². The van der Waals surface area contributed by atoms with E-state index in [1.54, 1.807) is 18.3 Å². The molecule has 2 N–H and O–H groups in total. The van der Waals surface area contributed by atoms with Crippen molar-refractivity contribution in [2.24, 2.45) is 0 Å². The van der Waals surface area contributed by atoms with E-state index in [1.807, 2.05) is 72.8 Å². The summed E-state index contributed by atoms with van der Waals surface area (Å²) in [6.07, 6.45) is 3.82. The van der Waals surface area contributed by atoms with Crippen LogP contribution in [0.25, 0.3) is 16.5 Å². The maximum absolute atomic E-state index is 12.3. The van der Waals surface area contributed by atoms with Crippen LogP contribution in [0.1, 0.15) is 16.7 Å². The summed E-state index contributed by atoms with van der Waals surface area (Å²) in [6, 6.07) is 24.6. The molecule has 4 rings (SSSR count). The molecule has 4 nitrogen and oxygen atoms in total. The second kappa shape index (κ2) is 9.45. The first-order valence-corrected chi connectivity index (χ1v) is 10.3. The molecule has 1 amide bonds. The molecule has 0 aliphatic rings. The van der Waals surface area contributed by atoms with Crippen LogP contribution >= 0.6 is 11.6 Å². The fourth-order valence-electron chi connectivity index (χ4n) is 3.50. The Labute approximate surface area is 185 Å². The average Bonchev–Trinajstić information content (AvgIpc) is 2.81. The third kappa shape index (κ3) is 4.76. The first-order chi connectivity index (χ1) is 15.1. The van der Waals surface area contributed by atoms with Gasteiger partial charge in [0.1, 0.15) is 11.3 Å². The standard InChI is InChI=1S/C26H21ClN2O2/c27-23-17-22(26(31)25-21(23)12-7-14-29-25)20(19-10-5-2-6-11-19)13-15-28-24(30)16-18-8-3-1-4-9-18/h1-14,17,31H,15-16H2,(H,28,30)/b20-13-. The molecule has 0 aliphatic heterocycles. The maximum atomic E-state index is 12.3. The summed E-state index contributed by atoms with van der Waals surface area (Å²) < 4.78 is 0. The number of aromatic hydroxyl groups is 1. The normalized spacial score (nSPS) is 11.5. The predicted molar refractivity (Wildman–Crippen MR) is 125 cm³/mol. The van der Waals surface area contributed by atoms with Crippen molar-refractivity contribution in [3.05, 3.63) is 113 Å². The number of aromatic nitrogens is 1. The Morgan fingerprint density at radius 2 is 1.71 bits per heavy atom. The molecule has 1 heterocycles. The predicted octanol–water partition coefficient (Wildman–Crippen LogP) is 5.38. The fourth-order valence-corrected chi connectivity index (χ4v) is 3.77. The van der Waals surface area contributed by atoms with Gasteiger partial charge in [0.15, 0.2) is 0 Å². The van der Waals surface area contributed by atoms with E-state index in [1.165, 1.54) is 0 Å². The van der Waals surface area contributed by atoms with Crippen LogP contribution < -0.4 is 5.32 Å². The highest BCUT2D eigenvalue weighted by Gasteiger charge is 2.16. The van der Waals surface area contributed by atoms with Gasteiger partial charge < -0.3 is 10.4 Å². The number of rotatable bonds is 6. The van der Waals surface area contributed by atoms with Crippen molar-refractivity contribution in [3.8, 4) is 5.75 Å². The summed E-state index contributed by atoms with van der Waals surface area (Å²) in [5.41, 5.74) is 3.64. The highest BCUT2D eigenvalue weighted by Crippen LogP contribution is 2.38. The van der Waals surface area contributed by atoms with Crippen molar-refractivity contribution in [3.63, 3.8) is 0 Å². The summed E-state index contributed by atoms with van der Waals surface area (Å²) in [6.45, 7) is 0.313. The van der Waals surface area contributed by atoms with Crippen LogP contribution in [0.15, 0.2) is 91.1 Å². The first-order valence-electron chi connectivity index (χ1n) is 9.96. The zero-order chi connectivity index (χ0) is 21.6. The zero-order valence-corrected chi connectivity index (χ0v) is 17.5. The second-order valence-corrected chi connectivity index (χ2v) is 7.51. The van der Waals surface area contributed by atoms with E-state index in [-0.39, 0.29) is 11.7 Å². The Bertz CT molecular complexity index is 1240. The van der Waals surface area contributed by atoms with Crippen molar-refractivity contribution in [1.29, 1.82) is 0 Å². The fraction of sp³-hybridized carbons (Fsp3) is 0.0769. The number of nitrogens with one attached hydrogen (secondary N) is 1. The number of benzene rings is 3. The topological polar surface area (TPSA) is 62.2 Å². The molecular formula is C26H21ClN2O2. The van der Waals surface area contributed by atoms with E-state index in [4.69, 9.17) is 11.6 Å². The molecule has 0 saturated carbocycles. The van der Waals surface area contributed by atoms with Crippen molar-refractivity contribution < 1.29 is 9.90 Å². The quantitative estimate of drug-likeness (QED) is 0.433. The minimum atomic E-state index is -0.0719. The smallest absolute Gasteiger partial charge is 0.224 e. The lowest BCUT2D eigenvalue weighted by Crippen LogP contribution is -2.25. The Balaban J connectivity index is 1.65. The van der Waals surface area contributed by atoms with E-state index in [0.717, 1.165) is 16.7 Å². The molecule has 31 heavy (non-hydrogen) atoms. The lowest BCUT2D eigenvalue weighted by atomic mass is 9.95. The molecule has 0 atom stereocenters. The Kier molecular flexibility index (Phi) is 6.29. The summed E-state index contributed by atoms with van der Waals surface area (Å²) in [5.74, 6) is -0.0111. The highest BCUT2D eigenvalue weighted by atomic mass is 35.5. The molecule has 5 heteroatoms. The first kappa shape index (κ1) is 20.6. The van der Waals surface area contributed by atoms with Gasteiger partial charge in [-0.1, -0.05) is 78.3 Å². The van der Waals surface area contributed by atoms with Crippen molar-refractivity contribution in [1.82, 2.24) is 10.3 Å². The molecule has 0 saturated heterocycles. The minimum absolute atomic E-state index is 0.0608. The number of fused-ring (bicyclic) bond motifs is 1. The van der Waals surface area contributed by atoms with Crippen LogP contribution in [-0.2, 0) is 11.2 Å². The molecule has 0 spiro atoms. The van der Waals surface area contributed by atoms with Gasteiger partial charge in [-0.3, -0.25) is 9.78 Å². The van der Waals surface area contributed by atoms with E-state index in [9.17, 15) is 9.90 Å². The van der Waals surface area contributed by atoms with Crippen molar-refractivity contribution in [2.45, 2.75) is 6.42 Å². The monoisotopic (exact) mass is 428 g/mol. The molecule has 0 unspecified atom stereocenters. The van der Waals surface area contributed by atoms with E-state index < -0.39 is 0 Å². The largest absolute Gasteiger partial charge is 0.505 e. The number of hydrogen-bond donors (Lipinski definition) is 2. The van der Waals surface area contributed by atoms with E-state index >= 15 is 0 Å². The van der Waals surface area contributed by atoms with Gasteiger partial charge in [-0.25, -0.2) is 0 Å². The zero-order valence-electron chi connectivity index (χ0n) is 16.8. The maximum Gasteiger partial charge on any atom is 0.224 e. The van der Waals surface area contributed by atoms with E-state index in [2.05, 4.69) is 10.3 Å². The summed E-state index contributed by atoms with van der Waals surface area (Å²) in [5, 5.41) is 15.1. The lowest BCUT2D eigenvalue weighted by molar-refractivity contribution is -0.120. The van der Waals surface area contributed by atoms with Crippen LogP contribution in [0.4, 0.5) is 0 Å². The van der Waals surface area contributed by atoms with Gasteiger partial charge in [0.2, 0.25) is 5.91 Å². The Morgan fingerprint density at radius 1 is 1.00 bits per heavy atom. The van der Waals surface area contributed by atoms with Crippen molar-refractivity contribution >= 4 is 34.0 Å². The Hall–Kier alpha value is -3.63. The molecule has 3 aromatic carbocycles. The SMILES string of the molecule is O=C(Cc1ccccc1)NC/C=C(/c1ccccc1)c1cc(Cl)c2cccnc2c1O. The van der Waals surface area contributed by atoms with Crippen LogP contribution in [0.3, 0.4) is 0 Å². The minimum Gasteiger partial charge on any atom is -0.505 e. The molecule has 0 radical (unpaired) electrons. The molecule has 0 aliphatic carbocycles. The molecule has 4 aromatic rings. The number of carbonyl (C=O) groups excluding carboxylic acids is 1. The number of phenols is 1. The Morgan fingerprint density at radius 3 is 2.45 bits per heavy atom. The molecule has 154 valence electrons. The average molecular weight is 429 g/mol. The van der Waals surface area contributed by atoms with Crippen molar-refractivity contribution in [2.75, 3.05) is 6.54 Å². The second-order valence-electron chi connectivity index (χ2n) is 7.10. The summed E-state index contributed by atoms with van der Waals surface area (Å²) >= 11 is 6.49. The molecular weight excluding hydrogens is 408 g/mol. The molecule has 0 bridgehead atoms. The number of nitrogens with zero attached hydrogens (tertiary/aromatic N) is 1. The van der Waals surface area contributed by atoms with Crippen LogP contribution in [-0.4, -0.2) is 22.5 Å². The number of hydrogen-bond acceptors (Lipinski definition) is 3. The van der Waals surface area contributed by atoms with Crippen LogP contribution in [0.5, 0.6) is 5.75 Å². The number of phenolic OH excluding ortho intramolecular Hbond substituents is 1. The third-order valence-corrected chi connectivity index (χ3v) is 5.32. The highest BCUT2D eigenvalue weighted by molar-refractivity contribution is 6.36.